The minimum atomic E-state index is 0.149. The number of piperidine rings is 1. The van der Waals surface area contributed by atoms with Crippen LogP contribution in [0.1, 0.15) is 37.3 Å². The minimum Gasteiger partial charge on any atom is -0.371 e. The van der Waals surface area contributed by atoms with Crippen molar-refractivity contribution in [3.63, 3.8) is 0 Å². The Morgan fingerprint density at radius 1 is 1.08 bits per heavy atom. The Kier molecular flexibility index (Phi) is 6.32. The zero-order valence-corrected chi connectivity index (χ0v) is 15.9. The van der Waals surface area contributed by atoms with E-state index in [0.29, 0.717) is 0 Å². The van der Waals surface area contributed by atoms with Gasteiger partial charge >= 0.3 is 0 Å². The van der Waals surface area contributed by atoms with Gasteiger partial charge in [-0.15, -0.1) is 0 Å². The van der Waals surface area contributed by atoms with Gasteiger partial charge in [-0.2, -0.15) is 0 Å². The molecule has 0 saturated carbocycles. The zero-order valence-electron chi connectivity index (χ0n) is 15.9. The molecule has 0 aromatic heterocycles. The van der Waals surface area contributed by atoms with E-state index in [0.717, 1.165) is 38.8 Å². The SMILES string of the molecule is Cc1ccc(N2CCC(C(=O)N[C@@H](C)CCc3ccccc3)CC2)cc1. The fraction of sp³-hybridized carbons (Fsp3) is 0.435. The number of carbonyl (C=O) groups is 1. The standard InChI is InChI=1S/C23H30N2O/c1-18-8-12-22(13-9-18)25-16-14-21(15-17-25)23(26)24-19(2)10-11-20-6-4-3-5-7-20/h3-9,12-13,19,21H,10-11,14-17H2,1-2H3,(H,24,26)/t19-/m0/s1. The van der Waals surface area contributed by atoms with Crippen molar-refractivity contribution in [3.8, 4) is 0 Å². The smallest absolute Gasteiger partial charge is 0.223 e. The van der Waals surface area contributed by atoms with Crippen LogP contribution in [0.2, 0.25) is 0 Å². The topological polar surface area (TPSA) is 32.3 Å². The van der Waals surface area contributed by atoms with Crippen molar-refractivity contribution in [2.45, 2.75) is 45.6 Å². The number of amides is 1. The minimum absolute atomic E-state index is 0.149. The van der Waals surface area contributed by atoms with Crippen LogP contribution < -0.4 is 10.2 Å². The van der Waals surface area contributed by atoms with Gasteiger partial charge in [0.05, 0.1) is 0 Å². The number of anilines is 1. The number of hydrogen-bond acceptors (Lipinski definition) is 2. The molecular formula is C23H30N2O. The first kappa shape index (κ1) is 18.5. The summed E-state index contributed by atoms with van der Waals surface area (Å²) < 4.78 is 0. The van der Waals surface area contributed by atoms with Crippen LogP contribution in [0.3, 0.4) is 0 Å². The second kappa shape index (κ2) is 8.88. The molecule has 3 rings (SSSR count). The Morgan fingerprint density at radius 3 is 2.38 bits per heavy atom. The first-order valence-corrected chi connectivity index (χ1v) is 9.78. The highest BCUT2D eigenvalue weighted by molar-refractivity contribution is 5.79. The van der Waals surface area contributed by atoms with E-state index in [9.17, 15) is 4.79 Å². The Hall–Kier alpha value is -2.29. The lowest BCUT2D eigenvalue weighted by atomic mass is 9.94. The molecule has 1 fully saturated rings. The van der Waals surface area contributed by atoms with Gasteiger partial charge < -0.3 is 10.2 Å². The van der Waals surface area contributed by atoms with Crippen LogP contribution in [0.4, 0.5) is 5.69 Å². The highest BCUT2D eigenvalue weighted by Crippen LogP contribution is 2.24. The summed E-state index contributed by atoms with van der Waals surface area (Å²) in [5.74, 6) is 0.380. The number of aryl methyl sites for hydroxylation is 2. The van der Waals surface area contributed by atoms with Crippen LogP contribution in [-0.4, -0.2) is 25.0 Å². The predicted molar refractivity (Wildman–Crippen MR) is 108 cm³/mol. The predicted octanol–water partition coefficient (Wildman–Crippen LogP) is 4.35. The van der Waals surface area contributed by atoms with Crippen LogP contribution >= 0.6 is 0 Å². The van der Waals surface area contributed by atoms with E-state index in [1.54, 1.807) is 0 Å². The van der Waals surface area contributed by atoms with E-state index < -0.39 is 0 Å². The molecule has 3 heteroatoms. The third-order valence-electron chi connectivity index (χ3n) is 5.36. The molecule has 138 valence electrons. The summed E-state index contributed by atoms with van der Waals surface area (Å²) in [7, 11) is 0. The van der Waals surface area contributed by atoms with Crippen molar-refractivity contribution in [1.82, 2.24) is 5.32 Å². The van der Waals surface area contributed by atoms with Crippen LogP contribution in [-0.2, 0) is 11.2 Å². The first-order valence-electron chi connectivity index (χ1n) is 9.78. The van der Waals surface area contributed by atoms with Gasteiger partial charge in [0.15, 0.2) is 0 Å². The molecule has 1 amide bonds. The molecule has 1 N–H and O–H groups in total. The molecule has 0 aliphatic carbocycles. The van der Waals surface area contributed by atoms with Gasteiger partial charge in [-0.3, -0.25) is 4.79 Å². The number of rotatable bonds is 6. The molecule has 1 heterocycles. The maximum atomic E-state index is 12.6. The Labute approximate surface area is 157 Å². The Morgan fingerprint density at radius 2 is 1.73 bits per heavy atom. The molecule has 0 bridgehead atoms. The van der Waals surface area contributed by atoms with Gasteiger partial charge in [0.1, 0.15) is 0 Å². The van der Waals surface area contributed by atoms with Gasteiger partial charge in [-0.25, -0.2) is 0 Å². The molecular weight excluding hydrogens is 320 g/mol. The lowest BCUT2D eigenvalue weighted by Crippen LogP contribution is -2.43. The van der Waals surface area contributed by atoms with E-state index in [-0.39, 0.29) is 17.9 Å². The molecule has 1 aliphatic rings. The highest BCUT2D eigenvalue weighted by Gasteiger charge is 2.25. The average molecular weight is 351 g/mol. The second-order valence-electron chi connectivity index (χ2n) is 7.53. The van der Waals surface area contributed by atoms with E-state index in [1.807, 2.05) is 6.07 Å². The van der Waals surface area contributed by atoms with Gasteiger partial charge in [-0.05, 0) is 57.2 Å². The van der Waals surface area contributed by atoms with E-state index in [4.69, 9.17) is 0 Å². The van der Waals surface area contributed by atoms with E-state index >= 15 is 0 Å². The fourth-order valence-electron chi connectivity index (χ4n) is 3.62. The van der Waals surface area contributed by atoms with E-state index in [2.05, 4.69) is 72.6 Å². The van der Waals surface area contributed by atoms with Crippen molar-refractivity contribution < 1.29 is 4.79 Å². The molecule has 3 nitrogen and oxygen atoms in total. The highest BCUT2D eigenvalue weighted by atomic mass is 16.1. The van der Waals surface area contributed by atoms with Crippen molar-refractivity contribution >= 4 is 11.6 Å². The molecule has 26 heavy (non-hydrogen) atoms. The summed E-state index contributed by atoms with van der Waals surface area (Å²) >= 11 is 0. The zero-order chi connectivity index (χ0) is 18.4. The molecule has 2 aromatic rings. The van der Waals surface area contributed by atoms with Gasteiger partial charge in [0, 0.05) is 30.7 Å². The van der Waals surface area contributed by atoms with Crippen molar-refractivity contribution in [2.24, 2.45) is 5.92 Å². The summed E-state index contributed by atoms with van der Waals surface area (Å²) in [6.45, 7) is 6.14. The summed E-state index contributed by atoms with van der Waals surface area (Å²) in [5, 5.41) is 3.22. The number of carbonyl (C=O) groups excluding carboxylic acids is 1. The molecule has 1 aliphatic heterocycles. The number of nitrogens with zero attached hydrogens (tertiary/aromatic N) is 1. The summed E-state index contributed by atoms with van der Waals surface area (Å²) in [4.78, 5) is 15.0. The maximum Gasteiger partial charge on any atom is 0.223 e. The molecule has 0 spiro atoms. The van der Waals surface area contributed by atoms with E-state index in [1.165, 1.54) is 16.8 Å². The van der Waals surface area contributed by atoms with Gasteiger partial charge in [0.2, 0.25) is 5.91 Å². The molecule has 1 saturated heterocycles. The molecule has 0 radical (unpaired) electrons. The molecule has 0 unspecified atom stereocenters. The van der Waals surface area contributed by atoms with Crippen molar-refractivity contribution in [2.75, 3.05) is 18.0 Å². The van der Waals surface area contributed by atoms with Crippen molar-refractivity contribution in [3.05, 3.63) is 65.7 Å². The fourth-order valence-corrected chi connectivity index (χ4v) is 3.62. The van der Waals surface area contributed by atoms with Gasteiger partial charge in [-0.1, -0.05) is 48.0 Å². The van der Waals surface area contributed by atoms with Crippen LogP contribution in [0.5, 0.6) is 0 Å². The van der Waals surface area contributed by atoms with Crippen LogP contribution in [0, 0.1) is 12.8 Å². The summed E-state index contributed by atoms with van der Waals surface area (Å²) in [6.07, 6.45) is 3.86. The van der Waals surface area contributed by atoms with Crippen LogP contribution in [0.15, 0.2) is 54.6 Å². The number of nitrogens with one attached hydrogen (secondary N) is 1. The molecule has 2 aromatic carbocycles. The lowest BCUT2D eigenvalue weighted by molar-refractivity contribution is -0.126. The van der Waals surface area contributed by atoms with Crippen molar-refractivity contribution in [1.29, 1.82) is 0 Å². The second-order valence-corrected chi connectivity index (χ2v) is 7.53. The third-order valence-corrected chi connectivity index (χ3v) is 5.36. The lowest BCUT2D eigenvalue weighted by Gasteiger charge is -2.33. The number of hydrogen-bond donors (Lipinski definition) is 1. The number of benzene rings is 2. The molecule has 1 atom stereocenters. The monoisotopic (exact) mass is 350 g/mol. The first-order chi connectivity index (χ1) is 12.6. The summed E-state index contributed by atoms with van der Waals surface area (Å²) in [6, 6.07) is 19.4. The van der Waals surface area contributed by atoms with Gasteiger partial charge in [0.25, 0.3) is 0 Å². The Bertz CT molecular complexity index is 688. The Balaban J connectivity index is 1.42. The summed E-state index contributed by atoms with van der Waals surface area (Å²) in [5.41, 5.74) is 3.89. The van der Waals surface area contributed by atoms with Crippen LogP contribution in [0.25, 0.3) is 0 Å². The average Bonchev–Trinajstić information content (AvgIpc) is 2.68. The largest absolute Gasteiger partial charge is 0.371 e. The maximum absolute atomic E-state index is 12.6. The normalized spacial score (nSPS) is 16.3. The third kappa shape index (κ3) is 5.10. The quantitative estimate of drug-likeness (QED) is 0.840.